The van der Waals surface area contributed by atoms with Crippen LogP contribution >= 0.6 is 0 Å². The number of benzene rings is 2. The zero-order valence-electron chi connectivity index (χ0n) is 20.9. The lowest BCUT2D eigenvalue weighted by molar-refractivity contribution is 0.0766. The van der Waals surface area contributed by atoms with Crippen LogP contribution < -0.4 is 14.4 Å². The summed E-state index contributed by atoms with van der Waals surface area (Å²) in [5, 5.41) is 0. The van der Waals surface area contributed by atoms with E-state index in [1.54, 1.807) is 16.9 Å². The first kappa shape index (κ1) is 23.5. The topological polar surface area (TPSA) is 72.0 Å². The Hall–Kier alpha value is -3.94. The van der Waals surface area contributed by atoms with Gasteiger partial charge in [-0.25, -0.2) is 4.98 Å². The van der Waals surface area contributed by atoms with Crippen molar-refractivity contribution in [3.05, 3.63) is 82.4 Å². The molecule has 0 bridgehead atoms. The van der Waals surface area contributed by atoms with Crippen molar-refractivity contribution in [2.45, 2.75) is 57.8 Å². The van der Waals surface area contributed by atoms with Crippen LogP contribution in [0.2, 0.25) is 0 Å². The molecule has 6 rings (SSSR count). The van der Waals surface area contributed by atoms with Crippen LogP contribution in [0, 0.1) is 5.95 Å². The van der Waals surface area contributed by atoms with Crippen molar-refractivity contribution in [2.75, 3.05) is 12.0 Å². The van der Waals surface area contributed by atoms with Gasteiger partial charge >= 0.3 is 0 Å². The van der Waals surface area contributed by atoms with Gasteiger partial charge in [0.25, 0.3) is 11.8 Å². The van der Waals surface area contributed by atoms with E-state index in [1.807, 2.05) is 43.3 Å². The molecule has 190 valence electrons. The van der Waals surface area contributed by atoms with Crippen LogP contribution in [0.1, 0.15) is 76.1 Å². The molecule has 8 heteroatoms. The molecule has 3 heterocycles. The first-order valence-electron chi connectivity index (χ1n) is 12.7. The number of hydrogen-bond acceptors (Lipinski definition) is 5. The van der Waals surface area contributed by atoms with Crippen LogP contribution in [0.25, 0.3) is 0 Å². The summed E-state index contributed by atoms with van der Waals surface area (Å²) in [4.78, 5) is 33.5. The maximum absolute atomic E-state index is 13.6. The molecule has 3 aliphatic rings. The van der Waals surface area contributed by atoms with Crippen molar-refractivity contribution < 1.29 is 23.5 Å². The zero-order chi connectivity index (χ0) is 25.7. The minimum absolute atomic E-state index is 0.0939. The highest BCUT2D eigenvalue weighted by molar-refractivity contribution is 6.11. The number of nitrogens with zero attached hydrogens (tertiary/aromatic N) is 3. The minimum atomic E-state index is -0.665. The van der Waals surface area contributed by atoms with Crippen molar-refractivity contribution in [3.63, 3.8) is 0 Å². The van der Waals surface area contributed by atoms with Gasteiger partial charge in [-0.3, -0.25) is 9.59 Å². The molecule has 1 fully saturated rings. The Morgan fingerprint density at radius 1 is 1.00 bits per heavy atom. The summed E-state index contributed by atoms with van der Waals surface area (Å²) in [5.74, 6) is 0.318. The molecule has 2 aliphatic heterocycles. The Labute approximate surface area is 214 Å². The van der Waals surface area contributed by atoms with Crippen molar-refractivity contribution in [1.29, 1.82) is 0 Å². The van der Waals surface area contributed by atoms with E-state index in [0.717, 1.165) is 42.5 Å². The van der Waals surface area contributed by atoms with E-state index in [0.29, 0.717) is 41.3 Å². The van der Waals surface area contributed by atoms with Crippen molar-refractivity contribution in [2.24, 2.45) is 0 Å². The molecule has 1 unspecified atom stereocenters. The number of aromatic nitrogens is 1. The Bertz CT molecular complexity index is 1400. The smallest absolute Gasteiger partial charge is 0.259 e. The molecule has 2 aromatic carbocycles. The maximum atomic E-state index is 13.6. The predicted molar refractivity (Wildman–Crippen MR) is 135 cm³/mol. The fraction of sp³-hybridized carbons (Fsp3) is 0.345. The number of rotatable bonds is 6. The molecule has 2 amide bonds. The van der Waals surface area contributed by atoms with Crippen LogP contribution in [0.4, 0.5) is 10.1 Å². The monoisotopic (exact) mass is 501 g/mol. The zero-order valence-corrected chi connectivity index (χ0v) is 20.9. The van der Waals surface area contributed by atoms with Crippen LogP contribution in [-0.2, 0) is 13.1 Å². The highest BCUT2D eigenvalue weighted by Crippen LogP contribution is 2.42. The van der Waals surface area contributed by atoms with Crippen molar-refractivity contribution >= 4 is 17.5 Å². The lowest BCUT2D eigenvalue weighted by Gasteiger charge is -2.24. The average molecular weight is 502 g/mol. The van der Waals surface area contributed by atoms with Gasteiger partial charge in [0.05, 0.1) is 24.8 Å². The van der Waals surface area contributed by atoms with Gasteiger partial charge in [-0.1, -0.05) is 12.1 Å². The number of halogens is 1. The number of hydrogen-bond donors (Lipinski definition) is 0. The standard InChI is InChI=1S/C29H28FN3O4/c1-17-22-9-7-18(15-32-16-19-14-31-27(30)13-23(19)28(32)34)11-24(22)29(35)33(17)20-8-10-25(36-2)26(12-20)37-21-5-3-4-6-21/h7-14,17,21H,3-6,15-16H2,1-2H3. The Morgan fingerprint density at radius 3 is 2.59 bits per heavy atom. The molecular weight excluding hydrogens is 473 g/mol. The van der Waals surface area contributed by atoms with E-state index in [4.69, 9.17) is 9.47 Å². The third-order valence-electron chi connectivity index (χ3n) is 7.63. The number of carbonyl (C=O) groups excluding carboxylic acids is 2. The van der Waals surface area contributed by atoms with Gasteiger partial charge in [0.2, 0.25) is 5.95 Å². The molecule has 1 aromatic heterocycles. The summed E-state index contributed by atoms with van der Waals surface area (Å²) >= 11 is 0. The van der Waals surface area contributed by atoms with Crippen molar-refractivity contribution in [1.82, 2.24) is 9.88 Å². The lowest BCUT2D eigenvalue weighted by atomic mass is 10.0. The predicted octanol–water partition coefficient (Wildman–Crippen LogP) is 5.43. The molecule has 0 N–H and O–H groups in total. The van der Waals surface area contributed by atoms with Gasteiger partial charge in [0, 0.05) is 48.2 Å². The second kappa shape index (κ2) is 9.18. The summed E-state index contributed by atoms with van der Waals surface area (Å²) in [6.45, 7) is 2.70. The number of amides is 2. The number of anilines is 1. The Balaban J connectivity index is 1.24. The third kappa shape index (κ3) is 4.10. The van der Waals surface area contributed by atoms with Gasteiger partial charge in [-0.2, -0.15) is 4.39 Å². The third-order valence-corrected chi connectivity index (χ3v) is 7.63. The number of pyridine rings is 1. The number of carbonyl (C=O) groups is 2. The first-order valence-corrected chi connectivity index (χ1v) is 12.7. The normalized spacial score (nSPS) is 18.9. The first-order chi connectivity index (χ1) is 17.9. The Kier molecular flexibility index (Phi) is 5.82. The highest BCUT2D eigenvalue weighted by Gasteiger charge is 2.36. The molecular formula is C29H28FN3O4. The fourth-order valence-corrected chi connectivity index (χ4v) is 5.71. The fourth-order valence-electron chi connectivity index (χ4n) is 5.71. The molecule has 1 atom stereocenters. The van der Waals surface area contributed by atoms with Crippen LogP contribution in [-0.4, -0.2) is 34.9 Å². The lowest BCUT2D eigenvalue weighted by Crippen LogP contribution is -2.26. The van der Waals surface area contributed by atoms with E-state index in [2.05, 4.69) is 4.98 Å². The van der Waals surface area contributed by atoms with Gasteiger partial charge in [0.15, 0.2) is 11.5 Å². The SMILES string of the molecule is COc1ccc(N2C(=O)c3cc(CN4Cc5cnc(F)cc5C4=O)ccc3C2C)cc1OC1CCCC1. The van der Waals surface area contributed by atoms with E-state index in [-0.39, 0.29) is 24.0 Å². The number of fused-ring (bicyclic) bond motifs is 2. The van der Waals surface area contributed by atoms with Crippen molar-refractivity contribution in [3.8, 4) is 11.5 Å². The van der Waals surface area contributed by atoms with E-state index < -0.39 is 5.95 Å². The van der Waals surface area contributed by atoms with E-state index in [1.165, 1.54) is 12.3 Å². The highest BCUT2D eigenvalue weighted by atomic mass is 19.1. The largest absolute Gasteiger partial charge is 0.493 e. The van der Waals surface area contributed by atoms with E-state index >= 15 is 0 Å². The molecule has 1 saturated carbocycles. The molecule has 0 saturated heterocycles. The average Bonchev–Trinajstić information content (AvgIpc) is 3.58. The second-order valence-corrected chi connectivity index (χ2v) is 9.96. The molecule has 0 spiro atoms. The number of methoxy groups -OCH3 is 1. The minimum Gasteiger partial charge on any atom is -0.493 e. The maximum Gasteiger partial charge on any atom is 0.259 e. The van der Waals surface area contributed by atoms with Crippen LogP contribution in [0.5, 0.6) is 11.5 Å². The van der Waals surface area contributed by atoms with Gasteiger partial charge in [0.1, 0.15) is 0 Å². The van der Waals surface area contributed by atoms with Crippen LogP contribution in [0.15, 0.2) is 48.7 Å². The molecule has 37 heavy (non-hydrogen) atoms. The molecule has 3 aromatic rings. The summed E-state index contributed by atoms with van der Waals surface area (Å²) in [5.41, 5.74) is 4.21. The molecule has 0 radical (unpaired) electrons. The number of ether oxygens (including phenoxy) is 2. The summed E-state index contributed by atoms with van der Waals surface area (Å²) in [6.07, 6.45) is 5.95. The van der Waals surface area contributed by atoms with Gasteiger partial charge in [-0.05, 0) is 61.9 Å². The quantitative estimate of drug-likeness (QED) is 0.422. The summed E-state index contributed by atoms with van der Waals surface area (Å²) in [6, 6.07) is 12.4. The van der Waals surface area contributed by atoms with Crippen LogP contribution in [0.3, 0.4) is 0 Å². The van der Waals surface area contributed by atoms with Gasteiger partial charge in [-0.15, -0.1) is 0 Å². The van der Waals surface area contributed by atoms with Gasteiger partial charge < -0.3 is 19.3 Å². The molecule has 1 aliphatic carbocycles. The Morgan fingerprint density at radius 2 is 1.81 bits per heavy atom. The second-order valence-electron chi connectivity index (χ2n) is 9.96. The molecule has 7 nitrogen and oxygen atoms in total. The summed E-state index contributed by atoms with van der Waals surface area (Å²) < 4.78 is 25.3. The van der Waals surface area contributed by atoms with E-state index in [9.17, 15) is 14.0 Å². The summed E-state index contributed by atoms with van der Waals surface area (Å²) in [7, 11) is 1.62.